The average molecular weight is 331 g/mol. The first-order chi connectivity index (χ1) is 8.16. The van der Waals surface area contributed by atoms with Crippen molar-refractivity contribution in [3.63, 3.8) is 0 Å². The molecule has 0 aliphatic heterocycles. The molecule has 0 aliphatic rings. The minimum absolute atomic E-state index is 0.379. The van der Waals surface area contributed by atoms with Crippen LogP contribution in [-0.4, -0.2) is 0 Å². The minimum atomic E-state index is 0.379. The molecule has 17 heavy (non-hydrogen) atoms. The maximum Gasteiger partial charge on any atom is 0.0548 e. The van der Waals surface area contributed by atoms with Crippen LogP contribution in [0.3, 0.4) is 0 Å². The first-order valence-corrected chi connectivity index (χ1v) is 7.42. The van der Waals surface area contributed by atoms with Crippen molar-refractivity contribution in [1.82, 2.24) is 5.32 Å². The monoisotopic (exact) mass is 329 g/mol. The predicted molar refractivity (Wildman–Crippen MR) is 78.7 cm³/mol. The van der Waals surface area contributed by atoms with E-state index in [0.29, 0.717) is 6.04 Å². The first kappa shape index (κ1) is 13.1. The zero-order valence-electron chi connectivity index (χ0n) is 9.41. The fourth-order valence-electron chi connectivity index (χ4n) is 1.56. The van der Waals surface area contributed by atoms with Gasteiger partial charge < -0.3 is 5.32 Å². The van der Waals surface area contributed by atoms with Gasteiger partial charge in [0.25, 0.3) is 0 Å². The van der Waals surface area contributed by atoms with Gasteiger partial charge in [-0.05, 0) is 52.0 Å². The summed E-state index contributed by atoms with van der Waals surface area (Å²) in [4.78, 5) is 1.36. The Morgan fingerprint density at radius 1 is 1.41 bits per heavy atom. The van der Waals surface area contributed by atoms with Gasteiger partial charge in [0, 0.05) is 21.9 Å². The molecule has 1 heterocycles. The number of benzene rings is 1. The topological polar surface area (TPSA) is 12.0 Å². The van der Waals surface area contributed by atoms with Crippen molar-refractivity contribution in [3.05, 3.63) is 55.6 Å². The Kier molecular flexibility index (Phi) is 4.62. The summed E-state index contributed by atoms with van der Waals surface area (Å²) in [5, 5.41) is 6.35. The molecule has 0 radical (unpaired) electrons. The van der Waals surface area contributed by atoms with Crippen LogP contribution in [0.4, 0.5) is 0 Å². The van der Waals surface area contributed by atoms with Crippen molar-refractivity contribution in [2.45, 2.75) is 19.5 Å². The van der Waals surface area contributed by atoms with E-state index in [-0.39, 0.29) is 0 Å². The van der Waals surface area contributed by atoms with Crippen molar-refractivity contribution >= 4 is 38.9 Å². The number of hydrogen-bond donors (Lipinski definition) is 1. The molecule has 0 saturated heterocycles. The lowest BCUT2D eigenvalue weighted by Crippen LogP contribution is -2.17. The Balaban J connectivity index is 1.96. The standard InChI is InChI=1S/C13H13BrClNS/c1-9(13-3-2-6-17-13)16-8-10-4-5-12(15)11(14)7-10/h2-7,9,16H,8H2,1H3/t9-/m0/s1. The average Bonchev–Trinajstić information content (AvgIpc) is 2.84. The van der Waals surface area contributed by atoms with Crippen molar-refractivity contribution in [2.75, 3.05) is 0 Å². The van der Waals surface area contributed by atoms with Crippen LogP contribution in [0.1, 0.15) is 23.4 Å². The quantitative estimate of drug-likeness (QED) is 0.830. The van der Waals surface area contributed by atoms with E-state index in [1.165, 1.54) is 10.4 Å². The number of halogens is 2. The molecule has 0 unspecified atom stereocenters. The summed E-state index contributed by atoms with van der Waals surface area (Å²) in [5.41, 5.74) is 1.23. The van der Waals surface area contributed by atoms with Crippen LogP contribution < -0.4 is 5.32 Å². The second kappa shape index (κ2) is 6.01. The Morgan fingerprint density at radius 2 is 2.24 bits per heavy atom. The fourth-order valence-corrected chi connectivity index (χ4v) is 2.86. The third kappa shape index (κ3) is 3.55. The van der Waals surface area contributed by atoms with Gasteiger partial charge in [-0.3, -0.25) is 0 Å². The van der Waals surface area contributed by atoms with E-state index in [9.17, 15) is 0 Å². The van der Waals surface area contributed by atoms with Gasteiger partial charge in [-0.1, -0.05) is 23.7 Å². The van der Waals surface area contributed by atoms with Crippen molar-refractivity contribution in [1.29, 1.82) is 0 Å². The third-order valence-corrected chi connectivity index (χ3v) is 4.84. The van der Waals surface area contributed by atoms with E-state index in [4.69, 9.17) is 11.6 Å². The second-order valence-electron chi connectivity index (χ2n) is 3.87. The fraction of sp³-hybridized carbons (Fsp3) is 0.231. The summed E-state index contributed by atoms with van der Waals surface area (Å²) >= 11 is 11.2. The number of thiophene rings is 1. The summed E-state index contributed by atoms with van der Waals surface area (Å²) in [5.74, 6) is 0. The van der Waals surface area contributed by atoms with Crippen molar-refractivity contribution < 1.29 is 0 Å². The van der Waals surface area contributed by atoms with Crippen LogP contribution in [0.2, 0.25) is 5.02 Å². The molecule has 2 aromatic rings. The summed E-state index contributed by atoms with van der Waals surface area (Å²) < 4.78 is 0.947. The maximum absolute atomic E-state index is 5.96. The van der Waals surface area contributed by atoms with Crippen LogP contribution in [0, 0.1) is 0 Å². The Morgan fingerprint density at radius 3 is 2.88 bits per heavy atom. The van der Waals surface area contributed by atoms with Gasteiger partial charge in [0.15, 0.2) is 0 Å². The lowest BCUT2D eigenvalue weighted by molar-refractivity contribution is 0.583. The summed E-state index contributed by atoms with van der Waals surface area (Å²) in [6, 6.07) is 10.6. The number of nitrogens with one attached hydrogen (secondary N) is 1. The highest BCUT2D eigenvalue weighted by Crippen LogP contribution is 2.24. The van der Waals surface area contributed by atoms with Gasteiger partial charge in [0.1, 0.15) is 0 Å². The minimum Gasteiger partial charge on any atom is -0.305 e. The Labute approximate surface area is 119 Å². The molecule has 0 spiro atoms. The molecule has 0 saturated carbocycles. The largest absolute Gasteiger partial charge is 0.305 e. The second-order valence-corrected chi connectivity index (χ2v) is 6.11. The van der Waals surface area contributed by atoms with E-state index in [0.717, 1.165) is 16.0 Å². The molecule has 1 aromatic carbocycles. The summed E-state index contributed by atoms with van der Waals surface area (Å²) in [7, 11) is 0. The van der Waals surface area contributed by atoms with Gasteiger partial charge >= 0.3 is 0 Å². The van der Waals surface area contributed by atoms with Crippen LogP contribution in [-0.2, 0) is 6.54 Å². The van der Waals surface area contributed by atoms with Gasteiger partial charge in [0.2, 0.25) is 0 Å². The molecular weight excluding hydrogens is 318 g/mol. The molecule has 4 heteroatoms. The smallest absolute Gasteiger partial charge is 0.0548 e. The SMILES string of the molecule is C[C@H](NCc1ccc(Cl)c(Br)c1)c1cccs1. The highest BCUT2D eigenvalue weighted by Gasteiger charge is 2.06. The normalized spacial score (nSPS) is 12.6. The van der Waals surface area contributed by atoms with Gasteiger partial charge in [-0.25, -0.2) is 0 Å². The molecule has 0 aliphatic carbocycles. The Hall–Kier alpha value is -0.350. The molecule has 0 fully saturated rings. The summed E-state index contributed by atoms with van der Waals surface area (Å²) in [6.07, 6.45) is 0. The number of rotatable bonds is 4. The Bertz CT molecular complexity index is 484. The molecule has 2 rings (SSSR count). The highest BCUT2D eigenvalue weighted by molar-refractivity contribution is 9.10. The van der Waals surface area contributed by atoms with Crippen molar-refractivity contribution in [3.8, 4) is 0 Å². The summed E-state index contributed by atoms with van der Waals surface area (Å²) in [6.45, 7) is 3.02. The van der Waals surface area contributed by atoms with E-state index >= 15 is 0 Å². The van der Waals surface area contributed by atoms with Crippen LogP contribution in [0.15, 0.2) is 40.2 Å². The van der Waals surface area contributed by atoms with E-state index in [1.807, 2.05) is 12.1 Å². The molecule has 0 amide bonds. The zero-order chi connectivity index (χ0) is 12.3. The highest BCUT2D eigenvalue weighted by atomic mass is 79.9. The first-order valence-electron chi connectivity index (χ1n) is 5.37. The van der Waals surface area contributed by atoms with Gasteiger partial charge in [0.05, 0.1) is 5.02 Å². The molecule has 90 valence electrons. The molecular formula is C13H13BrClNS. The van der Waals surface area contributed by atoms with Crippen LogP contribution in [0.5, 0.6) is 0 Å². The lowest BCUT2D eigenvalue weighted by Gasteiger charge is -2.12. The third-order valence-electron chi connectivity index (χ3n) is 2.57. The molecule has 1 nitrogen and oxygen atoms in total. The van der Waals surface area contributed by atoms with Crippen LogP contribution in [0.25, 0.3) is 0 Å². The van der Waals surface area contributed by atoms with Crippen LogP contribution >= 0.6 is 38.9 Å². The van der Waals surface area contributed by atoms with Gasteiger partial charge in [-0.15, -0.1) is 11.3 Å². The maximum atomic E-state index is 5.96. The number of hydrogen-bond acceptors (Lipinski definition) is 2. The molecule has 0 bridgehead atoms. The molecule has 1 aromatic heterocycles. The molecule has 1 atom stereocenters. The predicted octanol–water partition coefficient (Wildman–Crippen LogP) is 5.01. The van der Waals surface area contributed by atoms with E-state index < -0.39 is 0 Å². The van der Waals surface area contributed by atoms with Crippen molar-refractivity contribution in [2.24, 2.45) is 0 Å². The zero-order valence-corrected chi connectivity index (χ0v) is 12.6. The molecule has 1 N–H and O–H groups in total. The van der Waals surface area contributed by atoms with E-state index in [1.54, 1.807) is 11.3 Å². The van der Waals surface area contributed by atoms with E-state index in [2.05, 4.69) is 51.7 Å². The van der Waals surface area contributed by atoms with Gasteiger partial charge in [-0.2, -0.15) is 0 Å². The lowest BCUT2D eigenvalue weighted by atomic mass is 10.2.